The fourth-order valence-corrected chi connectivity index (χ4v) is 5.83. The maximum absolute atomic E-state index is 13.6. The van der Waals surface area contributed by atoms with Crippen molar-refractivity contribution in [2.45, 2.75) is 45.2 Å². The summed E-state index contributed by atoms with van der Waals surface area (Å²) < 4.78 is 8.51. The van der Waals surface area contributed by atoms with E-state index in [0.717, 1.165) is 17.8 Å². The number of aromatic nitrogens is 1. The van der Waals surface area contributed by atoms with Crippen molar-refractivity contribution in [3.8, 4) is 0 Å². The Morgan fingerprint density at radius 3 is 2.90 bits per heavy atom. The van der Waals surface area contributed by atoms with E-state index in [2.05, 4.69) is 48.9 Å². The first-order chi connectivity index (χ1) is 14.9. The van der Waals surface area contributed by atoms with Crippen LogP contribution in [0.2, 0.25) is 0 Å². The Kier molecular flexibility index (Phi) is 4.00. The Morgan fingerprint density at radius 2 is 2.06 bits per heavy atom. The number of ether oxygens (including phenoxy) is 1. The third kappa shape index (κ3) is 2.74. The summed E-state index contributed by atoms with van der Waals surface area (Å²) in [6.45, 7) is 7.32. The van der Waals surface area contributed by atoms with Crippen LogP contribution in [-0.2, 0) is 34.0 Å². The molecule has 4 aliphatic heterocycles. The molecule has 4 aliphatic rings. The summed E-state index contributed by atoms with van der Waals surface area (Å²) in [4.78, 5) is 30.9. The molecule has 0 radical (unpaired) electrons. The molecule has 2 aromatic rings. The van der Waals surface area contributed by atoms with Crippen molar-refractivity contribution in [2.75, 3.05) is 13.1 Å². The zero-order chi connectivity index (χ0) is 21.3. The molecular formula is C25H27N3O3. The molecular weight excluding hydrogens is 390 g/mol. The molecule has 2 fully saturated rings. The molecule has 6 heteroatoms. The highest BCUT2D eigenvalue weighted by Gasteiger charge is 2.67. The maximum atomic E-state index is 13.6. The van der Waals surface area contributed by atoms with Crippen LogP contribution < -0.4 is 0 Å². The van der Waals surface area contributed by atoms with Gasteiger partial charge in [-0.1, -0.05) is 30.4 Å². The first-order valence-electron chi connectivity index (χ1n) is 11.1. The molecule has 0 aliphatic carbocycles. The number of benzene rings is 1. The Labute approximate surface area is 182 Å². The molecule has 0 N–H and O–H groups in total. The van der Waals surface area contributed by atoms with E-state index in [1.165, 1.54) is 11.1 Å². The Hall–Kier alpha value is -2.86. The number of carbonyl (C=O) groups excluding carboxylic acids is 2. The van der Waals surface area contributed by atoms with Crippen molar-refractivity contribution in [2.24, 2.45) is 11.8 Å². The highest BCUT2D eigenvalue weighted by molar-refractivity contribution is 5.93. The number of hydrogen-bond acceptors (Lipinski definition) is 3. The van der Waals surface area contributed by atoms with Crippen LogP contribution in [0.1, 0.15) is 22.4 Å². The van der Waals surface area contributed by atoms with Gasteiger partial charge in [-0.15, -0.1) is 0 Å². The monoisotopic (exact) mass is 417 g/mol. The van der Waals surface area contributed by atoms with Crippen LogP contribution in [0.5, 0.6) is 0 Å². The molecule has 2 amide bonds. The lowest BCUT2D eigenvalue weighted by Gasteiger charge is -2.33. The number of amides is 2. The normalized spacial score (nSPS) is 30.8. The molecule has 2 bridgehead atoms. The molecule has 31 heavy (non-hydrogen) atoms. The number of aryl methyl sites for hydroxylation is 2. The summed E-state index contributed by atoms with van der Waals surface area (Å²) in [5.41, 5.74) is 4.07. The van der Waals surface area contributed by atoms with Crippen molar-refractivity contribution < 1.29 is 14.3 Å². The van der Waals surface area contributed by atoms with Gasteiger partial charge >= 0.3 is 0 Å². The van der Waals surface area contributed by atoms with Gasteiger partial charge in [0.2, 0.25) is 11.8 Å². The average molecular weight is 418 g/mol. The second kappa shape index (κ2) is 6.57. The lowest BCUT2D eigenvalue weighted by atomic mass is 9.76. The first kappa shape index (κ1) is 18.9. The third-order valence-electron chi connectivity index (χ3n) is 7.61. The van der Waals surface area contributed by atoms with E-state index in [9.17, 15) is 9.59 Å². The quantitative estimate of drug-likeness (QED) is 0.721. The van der Waals surface area contributed by atoms with E-state index in [1.54, 1.807) is 0 Å². The molecule has 6 nitrogen and oxygen atoms in total. The second-order valence-corrected chi connectivity index (χ2v) is 9.47. The van der Waals surface area contributed by atoms with Crippen LogP contribution in [-0.4, -0.2) is 51.0 Å². The first-order valence-corrected chi connectivity index (χ1v) is 11.1. The molecule has 5 heterocycles. The molecule has 160 valence electrons. The summed E-state index contributed by atoms with van der Waals surface area (Å²) in [5.74, 6) is -0.752. The zero-order valence-electron chi connectivity index (χ0n) is 18.0. The summed E-state index contributed by atoms with van der Waals surface area (Å²) in [6.07, 6.45) is 5.80. The molecule has 1 spiro atoms. The molecule has 2 unspecified atom stereocenters. The minimum absolute atomic E-state index is 0.0452. The number of rotatable bonds is 3. The lowest BCUT2D eigenvalue weighted by molar-refractivity contribution is -0.144. The summed E-state index contributed by atoms with van der Waals surface area (Å²) >= 11 is 0. The third-order valence-corrected chi connectivity index (χ3v) is 7.61. The standard InChI is InChI=1S/C25H27N3O3/c1-16-5-6-18(12-17(16)2)13-28-15-25-8-7-20(31-25)21(22(25)24(28)30)23(29)27-11-10-26-9-3-4-19(26)14-27/h3-9,12,20-22H,10-11,13-15H2,1-2H3/t20-,21?,22?,25-/m1/s1. The fraction of sp³-hybridized carbons (Fsp3) is 0.440. The van der Waals surface area contributed by atoms with E-state index >= 15 is 0 Å². The van der Waals surface area contributed by atoms with Gasteiger partial charge in [0.15, 0.2) is 0 Å². The highest BCUT2D eigenvalue weighted by Crippen LogP contribution is 2.52. The lowest BCUT2D eigenvalue weighted by Crippen LogP contribution is -2.48. The number of hydrogen-bond donors (Lipinski definition) is 0. The van der Waals surface area contributed by atoms with Crippen molar-refractivity contribution in [3.63, 3.8) is 0 Å². The summed E-state index contributed by atoms with van der Waals surface area (Å²) in [6, 6.07) is 10.4. The van der Waals surface area contributed by atoms with Gasteiger partial charge < -0.3 is 19.1 Å². The summed E-state index contributed by atoms with van der Waals surface area (Å²) in [7, 11) is 0. The van der Waals surface area contributed by atoms with Gasteiger partial charge in [0.05, 0.1) is 31.0 Å². The number of fused-ring (bicyclic) bond motifs is 2. The highest BCUT2D eigenvalue weighted by atomic mass is 16.5. The van der Waals surface area contributed by atoms with Gasteiger partial charge in [0.1, 0.15) is 5.60 Å². The van der Waals surface area contributed by atoms with Gasteiger partial charge in [-0.25, -0.2) is 0 Å². The van der Waals surface area contributed by atoms with Crippen molar-refractivity contribution in [1.82, 2.24) is 14.4 Å². The number of carbonyl (C=O) groups is 2. The smallest absolute Gasteiger partial charge is 0.230 e. The molecule has 2 saturated heterocycles. The summed E-state index contributed by atoms with van der Waals surface area (Å²) in [5, 5.41) is 0. The predicted octanol–water partition coefficient (Wildman–Crippen LogP) is 2.43. The number of nitrogens with zero attached hydrogens (tertiary/aromatic N) is 3. The Bertz CT molecular complexity index is 1120. The van der Waals surface area contributed by atoms with Crippen LogP contribution >= 0.6 is 0 Å². The molecule has 0 saturated carbocycles. The van der Waals surface area contributed by atoms with Crippen molar-refractivity contribution in [1.29, 1.82) is 0 Å². The molecule has 1 aromatic heterocycles. The Morgan fingerprint density at radius 1 is 1.19 bits per heavy atom. The molecule has 4 atom stereocenters. The minimum Gasteiger partial charge on any atom is -0.360 e. The second-order valence-electron chi connectivity index (χ2n) is 9.47. The number of likely N-dealkylation sites (tertiary alicyclic amines) is 1. The van der Waals surface area contributed by atoms with Crippen molar-refractivity contribution >= 4 is 11.8 Å². The maximum Gasteiger partial charge on any atom is 0.230 e. The van der Waals surface area contributed by atoms with Crippen molar-refractivity contribution in [3.05, 3.63) is 71.1 Å². The van der Waals surface area contributed by atoms with Gasteiger partial charge in [0.25, 0.3) is 0 Å². The average Bonchev–Trinajstić information content (AvgIpc) is 3.51. The van der Waals surface area contributed by atoms with E-state index in [4.69, 9.17) is 4.74 Å². The van der Waals surface area contributed by atoms with Gasteiger partial charge in [-0.2, -0.15) is 0 Å². The van der Waals surface area contributed by atoms with Crippen LogP contribution in [0.4, 0.5) is 0 Å². The largest absolute Gasteiger partial charge is 0.360 e. The molecule has 1 aromatic carbocycles. The van der Waals surface area contributed by atoms with Gasteiger partial charge in [-0.05, 0) is 42.7 Å². The van der Waals surface area contributed by atoms with E-state index in [0.29, 0.717) is 26.2 Å². The minimum atomic E-state index is -0.655. The SMILES string of the molecule is Cc1ccc(CN2C[C@@]34C=C[C@@H](O3)C(C(=O)N3CCn5cccc5C3)C4C2=O)cc1C. The Balaban J connectivity index is 1.25. The zero-order valence-corrected chi connectivity index (χ0v) is 18.0. The molecule has 6 rings (SSSR count). The van der Waals surface area contributed by atoms with Crippen LogP contribution in [0, 0.1) is 25.7 Å². The fourth-order valence-electron chi connectivity index (χ4n) is 5.83. The van der Waals surface area contributed by atoms with Crippen LogP contribution in [0.3, 0.4) is 0 Å². The van der Waals surface area contributed by atoms with Crippen LogP contribution in [0.25, 0.3) is 0 Å². The topological polar surface area (TPSA) is 54.8 Å². The predicted molar refractivity (Wildman–Crippen MR) is 115 cm³/mol. The van der Waals surface area contributed by atoms with E-state index in [-0.39, 0.29) is 17.9 Å². The van der Waals surface area contributed by atoms with Gasteiger partial charge in [-0.3, -0.25) is 9.59 Å². The van der Waals surface area contributed by atoms with E-state index < -0.39 is 17.4 Å². The van der Waals surface area contributed by atoms with Crippen LogP contribution in [0.15, 0.2) is 48.7 Å². The van der Waals surface area contributed by atoms with Gasteiger partial charge in [0, 0.05) is 31.5 Å². The van der Waals surface area contributed by atoms with E-state index in [1.807, 2.05) is 28.0 Å².